The van der Waals surface area contributed by atoms with Gasteiger partial charge in [-0.15, -0.1) is 0 Å². The summed E-state index contributed by atoms with van der Waals surface area (Å²) in [5, 5.41) is 1.25. The maximum absolute atomic E-state index is 11.9. The molecule has 1 aromatic heterocycles. The Bertz CT molecular complexity index is 704. The maximum Gasteiger partial charge on any atom is 0.308 e. The quantitative estimate of drug-likeness (QED) is 0.878. The molecule has 22 heavy (non-hydrogen) atoms. The summed E-state index contributed by atoms with van der Waals surface area (Å²) in [4.78, 5) is 15.5. The van der Waals surface area contributed by atoms with Crippen LogP contribution in [0.4, 0.5) is 0 Å². The molecule has 1 aliphatic heterocycles. The number of carbonyl (C=O) groups excluding carboxylic acids is 1. The molecule has 1 atom stereocenters. The van der Waals surface area contributed by atoms with Crippen LogP contribution < -0.4 is 0 Å². The van der Waals surface area contributed by atoms with Gasteiger partial charge in [0.15, 0.2) is 0 Å². The molecule has 1 aromatic carbocycles. The van der Waals surface area contributed by atoms with Gasteiger partial charge in [0.05, 0.1) is 25.8 Å². The van der Waals surface area contributed by atoms with Crippen molar-refractivity contribution in [3.05, 3.63) is 35.0 Å². The fraction of sp³-hybridized carbons (Fsp3) is 0.500. The summed E-state index contributed by atoms with van der Waals surface area (Å²) < 4.78 is 11.0. The molecule has 0 fully saturated rings. The standard InChI is InChI=1S/C18H23NO3/c1-4-9-18(11-15(20)21-3)17-14(8-10-22-18)13-7-5-6-12(2)16(13)19-17/h5-7,19H,4,8-11H2,1-3H3. The van der Waals surface area contributed by atoms with Gasteiger partial charge in [-0.05, 0) is 30.9 Å². The minimum atomic E-state index is -0.582. The summed E-state index contributed by atoms with van der Waals surface area (Å²) in [5.41, 5.74) is 4.15. The Morgan fingerprint density at radius 2 is 2.27 bits per heavy atom. The van der Waals surface area contributed by atoms with Crippen molar-refractivity contribution in [2.45, 2.75) is 45.1 Å². The minimum Gasteiger partial charge on any atom is -0.469 e. The number of carbonyl (C=O) groups is 1. The first-order valence-corrected chi connectivity index (χ1v) is 7.92. The number of hydrogen-bond acceptors (Lipinski definition) is 3. The Labute approximate surface area is 130 Å². The fourth-order valence-corrected chi connectivity index (χ4v) is 3.62. The van der Waals surface area contributed by atoms with Crippen molar-refractivity contribution in [1.29, 1.82) is 0 Å². The number of H-pyrrole nitrogens is 1. The van der Waals surface area contributed by atoms with Gasteiger partial charge in [-0.25, -0.2) is 0 Å². The second-order valence-electron chi connectivity index (χ2n) is 6.07. The Balaban J connectivity index is 2.17. The van der Waals surface area contributed by atoms with Crippen LogP contribution in [0.3, 0.4) is 0 Å². The van der Waals surface area contributed by atoms with Crippen LogP contribution in [-0.2, 0) is 26.3 Å². The van der Waals surface area contributed by atoms with Crippen LogP contribution >= 0.6 is 0 Å². The topological polar surface area (TPSA) is 51.3 Å². The molecule has 0 aliphatic carbocycles. The molecule has 118 valence electrons. The Morgan fingerprint density at radius 1 is 1.45 bits per heavy atom. The molecule has 1 N–H and O–H groups in total. The highest BCUT2D eigenvalue weighted by molar-refractivity contribution is 5.88. The predicted molar refractivity (Wildman–Crippen MR) is 85.9 cm³/mol. The zero-order valence-electron chi connectivity index (χ0n) is 13.5. The van der Waals surface area contributed by atoms with Crippen molar-refractivity contribution in [3.63, 3.8) is 0 Å². The van der Waals surface area contributed by atoms with E-state index in [1.165, 1.54) is 23.6 Å². The normalized spacial score (nSPS) is 20.9. The van der Waals surface area contributed by atoms with Crippen molar-refractivity contribution in [1.82, 2.24) is 4.98 Å². The highest BCUT2D eigenvalue weighted by Crippen LogP contribution is 2.42. The Kier molecular flexibility index (Phi) is 3.96. The zero-order chi connectivity index (χ0) is 15.7. The molecule has 1 unspecified atom stereocenters. The molecule has 3 rings (SSSR count). The molecule has 2 heterocycles. The number of rotatable bonds is 4. The molecule has 1 aliphatic rings. The number of para-hydroxylation sites is 1. The number of benzene rings is 1. The lowest BCUT2D eigenvalue weighted by molar-refractivity contribution is -0.152. The highest BCUT2D eigenvalue weighted by Gasteiger charge is 2.41. The van der Waals surface area contributed by atoms with Crippen molar-refractivity contribution in [2.75, 3.05) is 13.7 Å². The van der Waals surface area contributed by atoms with E-state index in [0.717, 1.165) is 30.5 Å². The molecule has 0 radical (unpaired) electrons. The number of methoxy groups -OCH3 is 1. The zero-order valence-corrected chi connectivity index (χ0v) is 13.5. The van der Waals surface area contributed by atoms with Crippen molar-refractivity contribution < 1.29 is 14.3 Å². The Hall–Kier alpha value is -1.81. The molecule has 0 amide bonds. The summed E-state index contributed by atoms with van der Waals surface area (Å²) in [5.74, 6) is -0.225. The number of hydrogen-bond donors (Lipinski definition) is 1. The summed E-state index contributed by atoms with van der Waals surface area (Å²) in [6, 6.07) is 6.34. The third-order valence-electron chi connectivity index (χ3n) is 4.65. The summed E-state index contributed by atoms with van der Waals surface area (Å²) >= 11 is 0. The first-order valence-electron chi connectivity index (χ1n) is 7.92. The summed E-state index contributed by atoms with van der Waals surface area (Å²) in [7, 11) is 1.43. The third-order valence-corrected chi connectivity index (χ3v) is 4.65. The van der Waals surface area contributed by atoms with E-state index in [-0.39, 0.29) is 12.4 Å². The van der Waals surface area contributed by atoms with E-state index in [4.69, 9.17) is 9.47 Å². The van der Waals surface area contributed by atoms with Crippen LogP contribution in [0.2, 0.25) is 0 Å². The van der Waals surface area contributed by atoms with Gasteiger partial charge in [0.25, 0.3) is 0 Å². The largest absolute Gasteiger partial charge is 0.469 e. The average molecular weight is 301 g/mol. The third kappa shape index (κ3) is 2.31. The van der Waals surface area contributed by atoms with Gasteiger partial charge in [-0.2, -0.15) is 0 Å². The van der Waals surface area contributed by atoms with Crippen LogP contribution in [0.25, 0.3) is 10.9 Å². The van der Waals surface area contributed by atoms with Crippen LogP contribution in [0.1, 0.15) is 43.0 Å². The number of aromatic amines is 1. The summed E-state index contributed by atoms with van der Waals surface area (Å²) in [6.45, 7) is 4.86. The van der Waals surface area contributed by atoms with Gasteiger partial charge < -0.3 is 14.5 Å². The molecule has 0 saturated heterocycles. The second kappa shape index (κ2) is 5.76. The minimum absolute atomic E-state index is 0.225. The molecule has 0 bridgehead atoms. The van der Waals surface area contributed by atoms with E-state index in [1.807, 2.05) is 0 Å². The van der Waals surface area contributed by atoms with Crippen LogP contribution in [0.5, 0.6) is 0 Å². The number of aryl methyl sites for hydroxylation is 1. The lowest BCUT2D eigenvalue weighted by Crippen LogP contribution is -2.38. The van der Waals surface area contributed by atoms with Gasteiger partial charge >= 0.3 is 5.97 Å². The number of esters is 1. The monoisotopic (exact) mass is 301 g/mol. The lowest BCUT2D eigenvalue weighted by Gasteiger charge is -2.36. The first kappa shape index (κ1) is 15.1. The van der Waals surface area contributed by atoms with Crippen molar-refractivity contribution in [2.24, 2.45) is 0 Å². The first-order chi connectivity index (χ1) is 10.6. The van der Waals surface area contributed by atoms with E-state index >= 15 is 0 Å². The van der Waals surface area contributed by atoms with E-state index < -0.39 is 5.60 Å². The average Bonchev–Trinajstić information content (AvgIpc) is 2.89. The molecule has 0 saturated carbocycles. The fourth-order valence-electron chi connectivity index (χ4n) is 3.62. The van der Waals surface area contributed by atoms with Gasteiger partial charge in [0.2, 0.25) is 0 Å². The van der Waals surface area contributed by atoms with Gasteiger partial charge in [0, 0.05) is 10.9 Å². The molecule has 2 aromatic rings. The van der Waals surface area contributed by atoms with Crippen LogP contribution in [0.15, 0.2) is 18.2 Å². The lowest BCUT2D eigenvalue weighted by atomic mass is 9.85. The van der Waals surface area contributed by atoms with E-state index in [2.05, 4.69) is 37.0 Å². The number of ether oxygens (including phenoxy) is 2. The van der Waals surface area contributed by atoms with Crippen molar-refractivity contribution in [3.8, 4) is 0 Å². The second-order valence-corrected chi connectivity index (χ2v) is 6.07. The van der Waals surface area contributed by atoms with E-state index in [0.29, 0.717) is 6.61 Å². The molecule has 4 heteroatoms. The molecular weight excluding hydrogens is 278 g/mol. The highest BCUT2D eigenvalue weighted by atomic mass is 16.5. The van der Waals surface area contributed by atoms with Crippen LogP contribution in [-0.4, -0.2) is 24.7 Å². The van der Waals surface area contributed by atoms with Gasteiger partial charge in [-0.1, -0.05) is 31.5 Å². The molecular formula is C18H23NO3. The smallest absolute Gasteiger partial charge is 0.308 e. The molecule has 0 spiro atoms. The van der Waals surface area contributed by atoms with Crippen LogP contribution in [0, 0.1) is 6.92 Å². The van der Waals surface area contributed by atoms with Gasteiger partial charge in [-0.3, -0.25) is 4.79 Å². The number of aromatic nitrogens is 1. The maximum atomic E-state index is 11.9. The number of nitrogens with one attached hydrogen (secondary N) is 1. The van der Waals surface area contributed by atoms with Crippen molar-refractivity contribution >= 4 is 16.9 Å². The van der Waals surface area contributed by atoms with E-state index in [1.54, 1.807) is 0 Å². The van der Waals surface area contributed by atoms with Gasteiger partial charge in [0.1, 0.15) is 5.60 Å². The Morgan fingerprint density at radius 3 is 3.00 bits per heavy atom. The molecule has 4 nitrogen and oxygen atoms in total. The summed E-state index contributed by atoms with van der Waals surface area (Å²) in [6.07, 6.45) is 2.90. The predicted octanol–water partition coefficient (Wildman–Crippen LogP) is 3.61. The van der Waals surface area contributed by atoms with E-state index in [9.17, 15) is 4.79 Å². The SMILES string of the molecule is CCCC1(CC(=O)OC)OCCc2c1[nH]c1c(C)cccc21. The number of fused-ring (bicyclic) bond motifs is 3.